The zero-order chi connectivity index (χ0) is 29.0. The largest absolute Gasteiger partial charge is 0.313 e. The third-order valence-electron chi connectivity index (χ3n) is 9.17. The van der Waals surface area contributed by atoms with E-state index < -0.39 is 0 Å². The minimum Gasteiger partial charge on any atom is -0.313 e. The van der Waals surface area contributed by atoms with Crippen molar-refractivity contribution in [3.63, 3.8) is 0 Å². The number of nitrogens with zero attached hydrogens (tertiary/aromatic N) is 2. The van der Waals surface area contributed by atoms with Crippen LogP contribution in [-0.4, -0.2) is 9.13 Å². The van der Waals surface area contributed by atoms with Gasteiger partial charge in [-0.05, 0) is 83.6 Å². The van der Waals surface area contributed by atoms with Crippen LogP contribution in [0.2, 0.25) is 0 Å². The van der Waals surface area contributed by atoms with Crippen molar-refractivity contribution in [1.82, 2.24) is 9.13 Å². The van der Waals surface area contributed by atoms with E-state index in [0.29, 0.717) is 0 Å². The molecule has 208 valence electrons. The van der Waals surface area contributed by atoms with Crippen molar-refractivity contribution in [2.24, 2.45) is 0 Å². The number of aromatic nitrogens is 2. The maximum Gasteiger partial charge on any atom is 0.0541 e. The topological polar surface area (TPSA) is 9.86 Å². The fraction of sp³-hybridized carbons (Fsp3) is 0.0476. The Kier molecular flexibility index (Phi) is 5.67. The molecule has 2 aromatic heterocycles. The minimum atomic E-state index is 1.05. The highest BCUT2D eigenvalue weighted by Gasteiger charge is 2.20. The summed E-state index contributed by atoms with van der Waals surface area (Å²) in [7, 11) is 0. The molecule has 9 rings (SSSR count). The molecule has 0 saturated carbocycles. The van der Waals surface area contributed by atoms with Crippen molar-refractivity contribution in [3.05, 3.63) is 163 Å². The average molecular weight is 563 g/mol. The summed E-state index contributed by atoms with van der Waals surface area (Å²) in [4.78, 5) is 0. The van der Waals surface area contributed by atoms with Gasteiger partial charge >= 0.3 is 0 Å². The lowest BCUT2D eigenvalue weighted by molar-refractivity contribution is 0.888. The summed E-state index contributed by atoms with van der Waals surface area (Å²) in [6, 6.07) is 53.1. The van der Waals surface area contributed by atoms with Gasteiger partial charge in [0.15, 0.2) is 0 Å². The summed E-state index contributed by atoms with van der Waals surface area (Å²) in [5, 5.41) is 3.85. The number of rotatable bonds is 4. The van der Waals surface area contributed by atoms with E-state index in [2.05, 4.69) is 167 Å². The molecule has 0 unspecified atom stereocenters. The van der Waals surface area contributed by atoms with Gasteiger partial charge in [-0.2, -0.15) is 0 Å². The van der Waals surface area contributed by atoms with Crippen LogP contribution in [0, 0.1) is 0 Å². The molecule has 0 radical (unpaired) electrons. The Bertz CT molecular complexity index is 2270. The van der Waals surface area contributed by atoms with Crippen LogP contribution in [0.5, 0.6) is 0 Å². The van der Waals surface area contributed by atoms with Gasteiger partial charge in [0.25, 0.3) is 0 Å². The van der Waals surface area contributed by atoms with E-state index in [1.54, 1.807) is 0 Å². The fourth-order valence-electron chi connectivity index (χ4n) is 7.16. The van der Waals surface area contributed by atoms with E-state index in [4.69, 9.17) is 0 Å². The van der Waals surface area contributed by atoms with Gasteiger partial charge in [-0.15, -0.1) is 0 Å². The summed E-state index contributed by atoms with van der Waals surface area (Å²) in [6.07, 6.45) is 6.73. The van der Waals surface area contributed by atoms with Crippen molar-refractivity contribution < 1.29 is 0 Å². The highest BCUT2D eigenvalue weighted by molar-refractivity contribution is 6.11. The zero-order valence-corrected chi connectivity index (χ0v) is 24.3. The average Bonchev–Trinajstić information content (AvgIpc) is 3.61. The predicted octanol–water partition coefficient (Wildman–Crippen LogP) is 11.0. The smallest absolute Gasteiger partial charge is 0.0541 e. The Labute approximate surface area is 256 Å². The van der Waals surface area contributed by atoms with E-state index in [9.17, 15) is 0 Å². The molecule has 2 heterocycles. The molecule has 44 heavy (non-hydrogen) atoms. The van der Waals surface area contributed by atoms with Gasteiger partial charge in [-0.3, -0.25) is 0 Å². The van der Waals surface area contributed by atoms with Gasteiger partial charge in [0.05, 0.1) is 16.6 Å². The van der Waals surface area contributed by atoms with Crippen LogP contribution in [-0.2, 0) is 6.42 Å². The normalized spacial score (nSPS) is 12.7. The number of allylic oxidation sites excluding steroid dienone is 1. The van der Waals surface area contributed by atoms with E-state index in [0.717, 1.165) is 12.8 Å². The first-order chi connectivity index (χ1) is 21.8. The third kappa shape index (κ3) is 3.88. The standard InChI is InChI=1S/C42H30N2/c1-3-12-29(13-4-1)31-22-24-41-37(26-31)38-27-32(30-14-5-2-6-15-30)23-25-42(38)44(41)34-17-11-16-33(28-34)43-39-20-9-7-18-35(39)36-19-8-10-21-40(36)43/h1-9,11-20,22-28H,10,21H2. The van der Waals surface area contributed by atoms with Crippen molar-refractivity contribution >= 4 is 38.8 Å². The number of hydrogen-bond acceptors (Lipinski definition) is 0. The Morgan fingerprint density at radius 2 is 0.977 bits per heavy atom. The molecule has 0 atom stereocenters. The number of para-hydroxylation sites is 1. The van der Waals surface area contributed by atoms with E-state index >= 15 is 0 Å². The number of hydrogen-bond donors (Lipinski definition) is 0. The molecule has 2 nitrogen and oxygen atoms in total. The molecule has 1 aliphatic rings. The van der Waals surface area contributed by atoms with E-state index in [1.807, 2.05) is 0 Å². The highest BCUT2D eigenvalue weighted by atomic mass is 15.0. The lowest BCUT2D eigenvalue weighted by Crippen LogP contribution is -2.04. The first-order valence-corrected chi connectivity index (χ1v) is 15.4. The highest BCUT2D eigenvalue weighted by Crippen LogP contribution is 2.39. The molecular weight excluding hydrogens is 532 g/mol. The molecule has 0 amide bonds. The maximum absolute atomic E-state index is 2.48. The molecule has 0 aliphatic heterocycles. The Hall–Kier alpha value is -5.60. The van der Waals surface area contributed by atoms with Gasteiger partial charge in [-0.1, -0.05) is 109 Å². The summed E-state index contributed by atoms with van der Waals surface area (Å²) >= 11 is 0. The molecular formula is C42H30N2. The van der Waals surface area contributed by atoms with Crippen molar-refractivity contribution in [3.8, 4) is 33.6 Å². The van der Waals surface area contributed by atoms with Gasteiger partial charge in [-0.25, -0.2) is 0 Å². The molecule has 0 saturated heterocycles. The lowest BCUT2D eigenvalue weighted by atomic mass is 10.0. The molecule has 1 aliphatic carbocycles. The quantitative estimate of drug-likeness (QED) is 0.202. The van der Waals surface area contributed by atoms with Crippen molar-refractivity contribution in [2.75, 3.05) is 0 Å². The van der Waals surface area contributed by atoms with Crippen LogP contribution in [0.25, 0.3) is 72.4 Å². The Morgan fingerprint density at radius 1 is 0.409 bits per heavy atom. The SMILES string of the molecule is C1=Cc2c(n(-c3cccc(-n4c5ccc(-c6ccccc6)cc5c5cc(-c6ccccc6)ccc54)c3)c3ccccc23)CC1. The second-order valence-electron chi connectivity index (χ2n) is 11.7. The number of benzene rings is 6. The fourth-order valence-corrected chi connectivity index (χ4v) is 7.16. The van der Waals surface area contributed by atoms with Gasteiger partial charge in [0, 0.05) is 38.8 Å². The van der Waals surface area contributed by atoms with Crippen LogP contribution in [0.3, 0.4) is 0 Å². The molecule has 0 bridgehead atoms. The Morgan fingerprint density at radius 3 is 1.64 bits per heavy atom. The lowest BCUT2D eigenvalue weighted by Gasteiger charge is -2.16. The first kappa shape index (κ1) is 24.9. The molecule has 0 spiro atoms. The second-order valence-corrected chi connectivity index (χ2v) is 11.7. The molecule has 0 N–H and O–H groups in total. The Balaban J connectivity index is 1.29. The first-order valence-electron chi connectivity index (χ1n) is 15.4. The van der Waals surface area contributed by atoms with Crippen LogP contribution in [0.4, 0.5) is 0 Å². The summed E-state index contributed by atoms with van der Waals surface area (Å²) < 4.78 is 4.92. The number of fused-ring (bicyclic) bond motifs is 6. The van der Waals surface area contributed by atoms with Crippen LogP contribution >= 0.6 is 0 Å². The predicted molar refractivity (Wildman–Crippen MR) is 186 cm³/mol. The summed E-state index contributed by atoms with van der Waals surface area (Å²) in [5.74, 6) is 0. The summed E-state index contributed by atoms with van der Waals surface area (Å²) in [5.41, 5.74) is 13.7. The van der Waals surface area contributed by atoms with Crippen LogP contribution in [0.1, 0.15) is 17.7 Å². The molecule has 8 aromatic rings. The monoisotopic (exact) mass is 562 g/mol. The molecule has 2 heteroatoms. The summed E-state index contributed by atoms with van der Waals surface area (Å²) in [6.45, 7) is 0. The molecule has 0 fully saturated rings. The minimum absolute atomic E-state index is 1.05. The van der Waals surface area contributed by atoms with Crippen molar-refractivity contribution in [2.45, 2.75) is 12.8 Å². The van der Waals surface area contributed by atoms with E-state index in [1.165, 1.54) is 77.6 Å². The van der Waals surface area contributed by atoms with Crippen molar-refractivity contribution in [1.29, 1.82) is 0 Å². The van der Waals surface area contributed by atoms with Crippen LogP contribution in [0.15, 0.2) is 152 Å². The zero-order valence-electron chi connectivity index (χ0n) is 24.3. The second kappa shape index (κ2) is 10.00. The maximum atomic E-state index is 2.48. The van der Waals surface area contributed by atoms with Gasteiger partial charge in [0.2, 0.25) is 0 Å². The van der Waals surface area contributed by atoms with E-state index in [-0.39, 0.29) is 0 Å². The van der Waals surface area contributed by atoms with Crippen LogP contribution < -0.4 is 0 Å². The van der Waals surface area contributed by atoms with Gasteiger partial charge < -0.3 is 9.13 Å². The van der Waals surface area contributed by atoms with Gasteiger partial charge in [0.1, 0.15) is 0 Å². The molecule has 6 aromatic carbocycles. The third-order valence-corrected chi connectivity index (χ3v) is 9.17.